The fraction of sp³-hybridized carbons (Fsp3) is 0.917. The first-order chi connectivity index (χ1) is 6.89. The normalized spacial score (nSPS) is 38.1. The Balaban J connectivity index is 2.04. The molecule has 1 unspecified atom stereocenters. The van der Waals surface area contributed by atoms with Crippen LogP contribution in [0, 0.1) is 16.2 Å². The van der Waals surface area contributed by atoms with Crippen LogP contribution < -0.4 is 0 Å². The van der Waals surface area contributed by atoms with Gasteiger partial charge in [0.2, 0.25) is 0 Å². The minimum absolute atomic E-state index is 0.0263. The number of hydrogen-bond donors (Lipinski definition) is 1. The highest BCUT2D eigenvalue weighted by Crippen LogP contribution is 2.48. The third-order valence-electron chi connectivity index (χ3n) is 3.55. The van der Waals surface area contributed by atoms with Crippen LogP contribution >= 0.6 is 0 Å². The van der Waals surface area contributed by atoms with Crippen LogP contribution in [0.4, 0.5) is 0 Å². The molecule has 15 heavy (non-hydrogen) atoms. The van der Waals surface area contributed by atoms with E-state index in [0.717, 1.165) is 32.5 Å². The number of ether oxygens (including phenoxy) is 2. The minimum atomic E-state index is -0.387. The second-order valence-corrected chi connectivity index (χ2v) is 6.13. The molecule has 0 amide bonds. The van der Waals surface area contributed by atoms with Crippen LogP contribution in [0.1, 0.15) is 40.0 Å². The lowest BCUT2D eigenvalue weighted by molar-refractivity contribution is -0.296. The third-order valence-corrected chi connectivity index (χ3v) is 3.55. The molecule has 86 valence electrons. The van der Waals surface area contributed by atoms with Crippen LogP contribution in [0.5, 0.6) is 0 Å². The van der Waals surface area contributed by atoms with Crippen LogP contribution in [0.15, 0.2) is 0 Å². The Bertz CT molecular complexity index is 265. The summed E-state index contributed by atoms with van der Waals surface area (Å²) in [6.07, 6.45) is 4.31. The first-order valence-corrected chi connectivity index (χ1v) is 5.68. The Morgan fingerprint density at radius 3 is 2.13 bits per heavy atom. The molecule has 1 N–H and O–H groups in total. The van der Waals surface area contributed by atoms with E-state index in [1.807, 2.05) is 0 Å². The van der Waals surface area contributed by atoms with Gasteiger partial charge in [-0.15, -0.1) is 0 Å². The Hall–Kier alpha value is -0.410. The van der Waals surface area contributed by atoms with Crippen molar-refractivity contribution in [2.45, 2.75) is 45.8 Å². The fourth-order valence-corrected chi connectivity index (χ4v) is 2.37. The molecular weight excluding hydrogens is 190 g/mol. The van der Waals surface area contributed by atoms with Gasteiger partial charge in [0.15, 0.2) is 5.79 Å². The molecule has 3 nitrogen and oxygen atoms in total. The van der Waals surface area contributed by atoms with Crippen LogP contribution in [-0.4, -0.2) is 25.2 Å². The van der Waals surface area contributed by atoms with Gasteiger partial charge in [0.25, 0.3) is 0 Å². The highest BCUT2D eigenvalue weighted by Gasteiger charge is 2.50. The summed E-state index contributed by atoms with van der Waals surface area (Å²) in [6.45, 7) is 7.96. The molecule has 0 radical (unpaired) electrons. The van der Waals surface area contributed by atoms with Crippen LogP contribution in [0.2, 0.25) is 0 Å². The van der Waals surface area contributed by atoms with Crippen molar-refractivity contribution in [3.8, 4) is 0 Å². The zero-order chi connectivity index (χ0) is 11.2. The Morgan fingerprint density at radius 2 is 1.67 bits per heavy atom. The van der Waals surface area contributed by atoms with Crippen LogP contribution in [-0.2, 0) is 9.47 Å². The van der Waals surface area contributed by atoms with E-state index in [9.17, 15) is 0 Å². The van der Waals surface area contributed by atoms with E-state index in [1.165, 1.54) is 0 Å². The van der Waals surface area contributed by atoms with Crippen molar-refractivity contribution in [1.29, 1.82) is 5.41 Å². The van der Waals surface area contributed by atoms with Crippen LogP contribution in [0.3, 0.4) is 0 Å². The van der Waals surface area contributed by atoms with Gasteiger partial charge in [-0.2, -0.15) is 0 Å². The predicted molar refractivity (Wildman–Crippen MR) is 59.2 cm³/mol. The minimum Gasteiger partial charge on any atom is -0.349 e. The molecule has 1 saturated heterocycles. The molecule has 1 aliphatic carbocycles. The maximum atomic E-state index is 7.44. The summed E-state index contributed by atoms with van der Waals surface area (Å²) >= 11 is 0. The van der Waals surface area contributed by atoms with Gasteiger partial charge < -0.3 is 14.9 Å². The lowest BCUT2D eigenvalue weighted by Gasteiger charge is -2.42. The lowest BCUT2D eigenvalue weighted by atomic mass is 9.89. The van der Waals surface area contributed by atoms with Gasteiger partial charge in [0.05, 0.1) is 13.2 Å². The molecule has 0 bridgehead atoms. The fourth-order valence-electron chi connectivity index (χ4n) is 2.37. The molecule has 2 aliphatic rings. The lowest BCUT2D eigenvalue weighted by Crippen LogP contribution is -2.46. The summed E-state index contributed by atoms with van der Waals surface area (Å²) in [7, 11) is 0. The molecule has 0 aromatic carbocycles. The first kappa shape index (κ1) is 11.1. The summed E-state index contributed by atoms with van der Waals surface area (Å²) in [5, 5.41) is 7.44. The molecule has 1 aliphatic heterocycles. The Kier molecular flexibility index (Phi) is 2.43. The SMILES string of the molecule is CC1(C)COC2(CCC(C)(C=N)C2)OC1. The average Bonchev–Trinajstić information content (AvgIpc) is 2.52. The van der Waals surface area contributed by atoms with Crippen molar-refractivity contribution < 1.29 is 9.47 Å². The summed E-state index contributed by atoms with van der Waals surface area (Å²) in [4.78, 5) is 0. The molecule has 1 atom stereocenters. The van der Waals surface area contributed by atoms with Gasteiger partial charge in [0.1, 0.15) is 0 Å². The van der Waals surface area contributed by atoms with E-state index in [-0.39, 0.29) is 16.6 Å². The van der Waals surface area contributed by atoms with Crippen molar-refractivity contribution in [3.05, 3.63) is 0 Å². The van der Waals surface area contributed by atoms with Crippen molar-refractivity contribution in [2.24, 2.45) is 10.8 Å². The predicted octanol–water partition coefficient (Wildman–Crippen LogP) is 2.60. The Labute approximate surface area is 91.7 Å². The maximum Gasteiger partial charge on any atom is 0.169 e. The smallest absolute Gasteiger partial charge is 0.169 e. The summed E-state index contributed by atoms with van der Waals surface area (Å²) in [5.41, 5.74) is 0.108. The first-order valence-electron chi connectivity index (χ1n) is 5.68. The van der Waals surface area contributed by atoms with Crippen molar-refractivity contribution >= 4 is 6.21 Å². The molecule has 2 fully saturated rings. The largest absolute Gasteiger partial charge is 0.349 e. The monoisotopic (exact) mass is 211 g/mol. The number of rotatable bonds is 1. The van der Waals surface area contributed by atoms with Gasteiger partial charge in [0, 0.05) is 29.9 Å². The van der Waals surface area contributed by atoms with E-state index >= 15 is 0 Å². The second-order valence-electron chi connectivity index (χ2n) is 6.13. The van der Waals surface area contributed by atoms with E-state index in [1.54, 1.807) is 6.21 Å². The summed E-state index contributed by atoms with van der Waals surface area (Å²) in [5.74, 6) is -0.387. The Morgan fingerprint density at radius 1 is 1.07 bits per heavy atom. The van der Waals surface area contributed by atoms with Gasteiger partial charge in [-0.3, -0.25) is 0 Å². The van der Waals surface area contributed by atoms with E-state index in [4.69, 9.17) is 14.9 Å². The van der Waals surface area contributed by atoms with E-state index in [2.05, 4.69) is 20.8 Å². The van der Waals surface area contributed by atoms with E-state index in [0.29, 0.717) is 0 Å². The van der Waals surface area contributed by atoms with Crippen LogP contribution in [0.25, 0.3) is 0 Å². The van der Waals surface area contributed by atoms with Crippen molar-refractivity contribution in [1.82, 2.24) is 0 Å². The van der Waals surface area contributed by atoms with Crippen molar-refractivity contribution in [2.75, 3.05) is 13.2 Å². The second kappa shape index (κ2) is 3.29. The van der Waals surface area contributed by atoms with E-state index < -0.39 is 0 Å². The molecule has 3 heteroatoms. The summed E-state index contributed by atoms with van der Waals surface area (Å²) < 4.78 is 11.8. The van der Waals surface area contributed by atoms with Gasteiger partial charge in [-0.05, 0) is 6.42 Å². The zero-order valence-electron chi connectivity index (χ0n) is 9.93. The van der Waals surface area contributed by atoms with Crippen molar-refractivity contribution in [3.63, 3.8) is 0 Å². The van der Waals surface area contributed by atoms with Gasteiger partial charge in [-0.25, -0.2) is 0 Å². The highest BCUT2D eigenvalue weighted by atomic mass is 16.7. The standard InChI is InChI=1S/C12H21NO2/c1-10(2)8-14-12(15-9-10)5-4-11(3,6-12)7-13/h7,13H,4-6,8-9H2,1-3H3. The molecule has 2 rings (SSSR count). The molecule has 1 heterocycles. The molecule has 0 aromatic rings. The number of nitrogens with one attached hydrogen (secondary N) is 1. The van der Waals surface area contributed by atoms with Gasteiger partial charge in [-0.1, -0.05) is 20.8 Å². The molecule has 1 saturated carbocycles. The van der Waals surface area contributed by atoms with Gasteiger partial charge >= 0.3 is 0 Å². The molecule has 1 spiro atoms. The average molecular weight is 211 g/mol. The highest BCUT2D eigenvalue weighted by molar-refractivity contribution is 5.62. The zero-order valence-corrected chi connectivity index (χ0v) is 9.93. The molecular formula is C12H21NO2. The third kappa shape index (κ3) is 2.08. The maximum absolute atomic E-state index is 7.44. The topological polar surface area (TPSA) is 42.3 Å². The summed E-state index contributed by atoms with van der Waals surface area (Å²) in [6, 6.07) is 0. The number of hydrogen-bond acceptors (Lipinski definition) is 3. The molecule has 0 aromatic heterocycles. The quantitative estimate of drug-likeness (QED) is 0.677.